The lowest BCUT2D eigenvalue weighted by molar-refractivity contribution is -0.121. The lowest BCUT2D eigenvalue weighted by Crippen LogP contribution is -2.01. The van der Waals surface area contributed by atoms with Crippen LogP contribution >= 0.6 is 0 Å². The van der Waals surface area contributed by atoms with Crippen LogP contribution in [0.25, 0.3) is 12.2 Å². The highest BCUT2D eigenvalue weighted by atomic mass is 16.5. The van der Waals surface area contributed by atoms with Gasteiger partial charge in [-0.2, -0.15) is 0 Å². The number of hydrogen-bond donors (Lipinski definition) is 3. The molecule has 0 atom stereocenters. The van der Waals surface area contributed by atoms with Crippen LogP contribution in [0.5, 0.6) is 28.7 Å². The van der Waals surface area contributed by atoms with Gasteiger partial charge in [-0.15, -0.1) is 0 Å². The molecule has 3 aromatic carbocycles. The molecule has 0 fully saturated rings. The average molecular weight is 462 g/mol. The van der Waals surface area contributed by atoms with Crippen molar-refractivity contribution >= 4 is 23.7 Å². The number of hydrogen-bond acceptors (Lipinski definition) is 7. The van der Waals surface area contributed by atoms with E-state index in [0.29, 0.717) is 28.4 Å². The van der Waals surface area contributed by atoms with Crippen LogP contribution in [-0.4, -0.2) is 41.1 Å². The zero-order chi connectivity index (χ0) is 24.9. The first-order valence-corrected chi connectivity index (χ1v) is 10.2. The van der Waals surface area contributed by atoms with Crippen molar-refractivity contribution in [1.82, 2.24) is 0 Å². The lowest BCUT2D eigenvalue weighted by Gasteiger charge is -2.03. The molecule has 7 nitrogen and oxygen atoms in total. The van der Waals surface area contributed by atoms with Gasteiger partial charge in [0.15, 0.2) is 34.6 Å². The van der Waals surface area contributed by atoms with Crippen LogP contribution in [0.1, 0.15) is 17.5 Å². The number of rotatable bonds is 8. The summed E-state index contributed by atoms with van der Waals surface area (Å²) in [6.07, 6.45) is 5.44. The maximum Gasteiger partial charge on any atom is 0.163 e. The molecule has 3 rings (SSSR count). The van der Waals surface area contributed by atoms with Crippen LogP contribution in [0.3, 0.4) is 0 Å². The van der Waals surface area contributed by atoms with Crippen LogP contribution in [0.15, 0.2) is 78.9 Å². The second-order valence-electron chi connectivity index (χ2n) is 6.97. The van der Waals surface area contributed by atoms with Crippen LogP contribution in [0, 0.1) is 0 Å². The van der Waals surface area contributed by atoms with Crippen molar-refractivity contribution in [3.8, 4) is 28.7 Å². The van der Waals surface area contributed by atoms with Crippen LogP contribution in [0.4, 0.5) is 0 Å². The summed E-state index contributed by atoms with van der Waals surface area (Å²) in [5.41, 5.74) is 1.33. The van der Waals surface area contributed by atoms with Crippen molar-refractivity contribution < 1.29 is 34.4 Å². The Hall–Kier alpha value is -4.52. The molecule has 0 saturated carbocycles. The molecule has 176 valence electrons. The van der Waals surface area contributed by atoms with E-state index < -0.39 is 0 Å². The highest BCUT2D eigenvalue weighted by Gasteiger charge is 2.06. The first-order chi connectivity index (χ1) is 16.3. The topological polar surface area (TPSA) is 113 Å². The first kappa shape index (κ1) is 25.7. The van der Waals surface area contributed by atoms with Gasteiger partial charge in [-0.25, -0.2) is 0 Å². The molecule has 0 aliphatic heterocycles. The molecular formula is C27H26O7. The molecule has 0 amide bonds. The Bertz CT molecular complexity index is 1090. The number of allylic oxidation sites excluding steroid dienone is 2. The Morgan fingerprint density at radius 3 is 1.50 bits per heavy atom. The number of para-hydroxylation sites is 1. The minimum Gasteiger partial charge on any atom is -0.508 e. The number of aromatic hydroxyl groups is 3. The van der Waals surface area contributed by atoms with Gasteiger partial charge in [-0.1, -0.05) is 42.5 Å². The van der Waals surface area contributed by atoms with E-state index in [4.69, 9.17) is 14.6 Å². The summed E-state index contributed by atoms with van der Waals surface area (Å²) in [4.78, 5) is 23.9. The molecule has 0 heterocycles. The van der Waals surface area contributed by atoms with Gasteiger partial charge in [0.25, 0.3) is 0 Å². The Kier molecular flexibility index (Phi) is 9.94. The number of phenolic OH excluding ortho intramolecular Hbond substituents is 3. The number of ether oxygens (including phenoxy) is 2. The lowest BCUT2D eigenvalue weighted by atomic mass is 10.1. The monoisotopic (exact) mass is 462 g/mol. The molecule has 0 radical (unpaired) electrons. The molecule has 3 aromatic rings. The molecule has 3 N–H and O–H groups in total. The average Bonchev–Trinajstić information content (AvgIpc) is 2.84. The summed E-state index contributed by atoms with van der Waals surface area (Å²) in [6, 6.07) is 18.1. The van der Waals surface area contributed by atoms with Crippen molar-refractivity contribution in [1.29, 1.82) is 0 Å². The highest BCUT2D eigenvalue weighted by Crippen LogP contribution is 2.27. The number of benzene rings is 3. The fourth-order valence-corrected chi connectivity index (χ4v) is 2.69. The summed E-state index contributed by atoms with van der Waals surface area (Å²) >= 11 is 0. The SMILES string of the molecule is COc1cc(/C=C/C(=O)CC(=O)/C=C/c2ccc(O)c(OC)c2)ccc1O.Oc1ccccc1. The Labute approximate surface area is 197 Å². The molecule has 0 aliphatic rings. The van der Waals surface area contributed by atoms with Crippen molar-refractivity contribution in [2.45, 2.75) is 6.42 Å². The van der Waals surface area contributed by atoms with Crippen molar-refractivity contribution in [2.75, 3.05) is 14.2 Å². The third-order valence-corrected chi connectivity index (χ3v) is 4.44. The Morgan fingerprint density at radius 1 is 0.706 bits per heavy atom. The molecular weight excluding hydrogens is 436 g/mol. The predicted molar refractivity (Wildman–Crippen MR) is 130 cm³/mol. The van der Waals surface area contributed by atoms with Crippen molar-refractivity contribution in [3.05, 3.63) is 90.0 Å². The molecule has 0 aliphatic carbocycles. The van der Waals surface area contributed by atoms with Gasteiger partial charge in [0, 0.05) is 0 Å². The largest absolute Gasteiger partial charge is 0.508 e. The van der Waals surface area contributed by atoms with E-state index in [2.05, 4.69) is 0 Å². The van der Waals surface area contributed by atoms with Crippen molar-refractivity contribution in [3.63, 3.8) is 0 Å². The number of ketones is 2. The van der Waals surface area contributed by atoms with E-state index in [1.165, 1.54) is 38.5 Å². The van der Waals surface area contributed by atoms with Gasteiger partial charge in [0.2, 0.25) is 0 Å². The van der Waals surface area contributed by atoms with E-state index in [1.54, 1.807) is 60.7 Å². The third kappa shape index (κ3) is 8.55. The van der Waals surface area contributed by atoms with Gasteiger partial charge in [0.1, 0.15) is 5.75 Å². The first-order valence-electron chi connectivity index (χ1n) is 10.2. The fourth-order valence-electron chi connectivity index (χ4n) is 2.69. The Balaban J connectivity index is 0.000000497. The summed E-state index contributed by atoms with van der Waals surface area (Å²) in [5, 5.41) is 27.7. The molecule has 0 saturated heterocycles. The van der Waals surface area contributed by atoms with E-state index >= 15 is 0 Å². The van der Waals surface area contributed by atoms with E-state index in [1.807, 2.05) is 6.07 Å². The van der Waals surface area contributed by atoms with E-state index in [-0.39, 0.29) is 29.5 Å². The number of phenols is 3. The standard InChI is InChI=1S/C21H20O6.C6H6O/c1-26-20-11-14(5-9-18(20)24)3-7-16(22)13-17(23)8-4-15-6-10-19(25)21(12-15)27-2;7-6-4-2-1-3-5-6/h3-12,24-25H,13H2,1-2H3;1-5,7H/b7-3+,8-4+;. The second-order valence-corrected chi connectivity index (χ2v) is 6.97. The molecule has 7 heteroatoms. The predicted octanol–water partition coefficient (Wildman–Crippen LogP) is 4.76. The fraction of sp³-hybridized carbons (Fsp3) is 0.111. The molecule has 0 bridgehead atoms. The maximum atomic E-state index is 11.9. The second kappa shape index (κ2) is 13.1. The van der Waals surface area contributed by atoms with Crippen molar-refractivity contribution in [2.24, 2.45) is 0 Å². The summed E-state index contributed by atoms with van der Waals surface area (Å²) in [5.74, 6) is 0.239. The summed E-state index contributed by atoms with van der Waals surface area (Å²) < 4.78 is 10.00. The zero-order valence-electron chi connectivity index (χ0n) is 18.8. The smallest absolute Gasteiger partial charge is 0.163 e. The maximum absolute atomic E-state index is 11.9. The van der Waals surface area contributed by atoms with Gasteiger partial charge in [-0.05, 0) is 59.7 Å². The Morgan fingerprint density at radius 2 is 1.15 bits per heavy atom. The summed E-state index contributed by atoms with van der Waals surface area (Å²) in [6.45, 7) is 0. The quantitative estimate of drug-likeness (QED) is 0.327. The number of methoxy groups -OCH3 is 2. The highest BCUT2D eigenvalue weighted by molar-refractivity contribution is 6.10. The van der Waals surface area contributed by atoms with Gasteiger partial charge < -0.3 is 24.8 Å². The molecule has 0 unspecified atom stereocenters. The third-order valence-electron chi connectivity index (χ3n) is 4.44. The van der Waals surface area contributed by atoms with Gasteiger partial charge in [0.05, 0.1) is 20.6 Å². The summed E-state index contributed by atoms with van der Waals surface area (Å²) in [7, 11) is 2.87. The zero-order valence-corrected chi connectivity index (χ0v) is 18.8. The van der Waals surface area contributed by atoms with Crippen LogP contribution in [-0.2, 0) is 9.59 Å². The van der Waals surface area contributed by atoms with E-state index in [0.717, 1.165) is 0 Å². The molecule has 34 heavy (non-hydrogen) atoms. The minimum absolute atomic E-state index is 0.00662. The number of carbonyl (C=O) groups is 2. The van der Waals surface area contributed by atoms with Gasteiger partial charge in [-0.3, -0.25) is 9.59 Å². The van der Waals surface area contributed by atoms with E-state index in [9.17, 15) is 19.8 Å². The minimum atomic E-state index is -0.347. The van der Waals surface area contributed by atoms with Crippen LogP contribution < -0.4 is 9.47 Å². The van der Waals surface area contributed by atoms with Gasteiger partial charge >= 0.3 is 0 Å². The normalized spacial score (nSPS) is 10.5. The molecule has 0 aromatic heterocycles. The van der Waals surface area contributed by atoms with Crippen LogP contribution in [0.2, 0.25) is 0 Å². The number of carbonyl (C=O) groups excluding carboxylic acids is 2. The molecule has 0 spiro atoms.